The van der Waals surface area contributed by atoms with E-state index in [1.807, 2.05) is 6.92 Å². The number of carbonyl (C=O) groups excluding carboxylic acids is 2. The summed E-state index contributed by atoms with van der Waals surface area (Å²) in [7, 11) is -3.74. The van der Waals surface area contributed by atoms with Crippen LogP contribution in [0.1, 0.15) is 46.0 Å². The molecule has 2 N–H and O–H groups in total. The number of hydrogen-bond acceptors (Lipinski definition) is 6. The smallest absolute Gasteiger partial charge is 0.307 e. The number of hydrogen-bond donors (Lipinski definition) is 2. The lowest BCUT2D eigenvalue weighted by molar-refractivity contribution is -0.154. The van der Waals surface area contributed by atoms with Crippen LogP contribution in [0, 0.1) is 0 Å². The summed E-state index contributed by atoms with van der Waals surface area (Å²) in [6, 6.07) is 6.14. The maximum absolute atomic E-state index is 12.2. The average Bonchev–Trinajstić information content (AvgIpc) is 3.15. The van der Waals surface area contributed by atoms with E-state index in [4.69, 9.17) is 9.47 Å². The average molecular weight is 413 g/mol. The van der Waals surface area contributed by atoms with E-state index in [-0.39, 0.29) is 29.8 Å². The van der Waals surface area contributed by atoms with Gasteiger partial charge in [0.05, 0.1) is 17.9 Å². The van der Waals surface area contributed by atoms with Crippen LogP contribution < -0.4 is 14.8 Å². The van der Waals surface area contributed by atoms with Gasteiger partial charge >= 0.3 is 5.97 Å². The summed E-state index contributed by atoms with van der Waals surface area (Å²) in [5.74, 6) is -0.381. The molecule has 156 valence electrons. The molecule has 1 atom stereocenters. The summed E-state index contributed by atoms with van der Waals surface area (Å²) in [4.78, 5) is 24.0. The number of ether oxygens (including phenoxy) is 2. The molecule has 0 saturated heterocycles. The van der Waals surface area contributed by atoms with Gasteiger partial charge in [0, 0.05) is 12.6 Å². The molecule has 1 aliphatic carbocycles. The lowest BCUT2D eigenvalue weighted by Gasteiger charge is -2.17. The third-order valence-corrected chi connectivity index (χ3v) is 5.92. The Morgan fingerprint density at radius 2 is 1.82 bits per heavy atom. The van der Waals surface area contributed by atoms with Crippen molar-refractivity contribution < 1.29 is 27.5 Å². The molecule has 8 nitrogen and oxygen atoms in total. The van der Waals surface area contributed by atoms with Gasteiger partial charge < -0.3 is 14.8 Å². The molecular weight excluding hydrogens is 384 g/mol. The van der Waals surface area contributed by atoms with E-state index in [0.717, 1.165) is 25.7 Å². The molecule has 0 aliphatic heterocycles. The lowest BCUT2D eigenvalue weighted by atomic mass is 10.2. The van der Waals surface area contributed by atoms with Gasteiger partial charge in [0.15, 0.2) is 6.10 Å². The molecule has 0 aromatic heterocycles. The van der Waals surface area contributed by atoms with Crippen LogP contribution in [-0.2, 0) is 24.3 Å². The van der Waals surface area contributed by atoms with E-state index < -0.39 is 22.1 Å². The first-order chi connectivity index (χ1) is 13.3. The Balaban J connectivity index is 1.74. The van der Waals surface area contributed by atoms with Crippen molar-refractivity contribution in [3.63, 3.8) is 0 Å². The molecular formula is C19H28N2O6S. The minimum Gasteiger partial charge on any atom is -0.494 e. The van der Waals surface area contributed by atoms with Crippen LogP contribution >= 0.6 is 0 Å². The Morgan fingerprint density at radius 1 is 1.18 bits per heavy atom. The molecule has 1 unspecified atom stereocenters. The van der Waals surface area contributed by atoms with Crippen LogP contribution in [0.5, 0.6) is 5.75 Å². The Labute approximate surface area is 166 Å². The van der Waals surface area contributed by atoms with Crippen LogP contribution in [0.15, 0.2) is 29.2 Å². The summed E-state index contributed by atoms with van der Waals surface area (Å²) in [6.07, 6.45) is 2.99. The first kappa shape index (κ1) is 22.2. The Hall–Kier alpha value is -2.13. The second-order valence-electron chi connectivity index (χ2n) is 6.67. The molecule has 0 radical (unpaired) electrons. The van der Waals surface area contributed by atoms with Crippen molar-refractivity contribution in [2.24, 2.45) is 0 Å². The SMILES string of the molecule is CCOc1ccc(S(=O)(=O)NCCC(=O)OC(C)C(=O)NC2CCCC2)cc1. The Bertz CT molecular complexity index is 757. The highest BCUT2D eigenvalue weighted by atomic mass is 32.2. The summed E-state index contributed by atoms with van der Waals surface area (Å²) < 4.78 is 37.2. The Morgan fingerprint density at radius 3 is 2.43 bits per heavy atom. The van der Waals surface area contributed by atoms with Crippen molar-refractivity contribution in [3.05, 3.63) is 24.3 Å². The zero-order chi connectivity index (χ0) is 20.6. The third-order valence-electron chi connectivity index (χ3n) is 4.45. The molecule has 1 aromatic rings. The number of amides is 1. The molecule has 1 saturated carbocycles. The van der Waals surface area contributed by atoms with Gasteiger partial charge in [-0.1, -0.05) is 12.8 Å². The molecule has 1 aliphatic rings. The zero-order valence-corrected chi connectivity index (χ0v) is 17.1. The van der Waals surface area contributed by atoms with Gasteiger partial charge in [-0.2, -0.15) is 0 Å². The summed E-state index contributed by atoms with van der Waals surface area (Å²) in [5, 5.41) is 2.86. The molecule has 0 bridgehead atoms. The van der Waals surface area contributed by atoms with Crippen molar-refractivity contribution in [2.75, 3.05) is 13.2 Å². The van der Waals surface area contributed by atoms with Gasteiger partial charge in [-0.15, -0.1) is 0 Å². The van der Waals surface area contributed by atoms with E-state index in [2.05, 4.69) is 10.0 Å². The molecule has 1 aromatic carbocycles. The molecule has 1 fully saturated rings. The summed E-state index contributed by atoms with van der Waals surface area (Å²) in [6.45, 7) is 3.71. The van der Waals surface area contributed by atoms with Crippen LogP contribution in [0.4, 0.5) is 0 Å². The zero-order valence-electron chi connectivity index (χ0n) is 16.3. The first-order valence-corrected chi connectivity index (χ1v) is 11.0. The number of sulfonamides is 1. The van der Waals surface area contributed by atoms with Crippen molar-refractivity contribution in [1.82, 2.24) is 10.0 Å². The lowest BCUT2D eigenvalue weighted by Crippen LogP contribution is -2.41. The summed E-state index contributed by atoms with van der Waals surface area (Å²) in [5.41, 5.74) is 0. The quantitative estimate of drug-likeness (QED) is 0.567. The van der Waals surface area contributed by atoms with Crippen molar-refractivity contribution in [1.29, 1.82) is 0 Å². The minimum atomic E-state index is -3.74. The largest absolute Gasteiger partial charge is 0.494 e. The summed E-state index contributed by atoms with van der Waals surface area (Å²) >= 11 is 0. The molecule has 0 heterocycles. The maximum Gasteiger partial charge on any atom is 0.307 e. The topological polar surface area (TPSA) is 111 Å². The van der Waals surface area contributed by atoms with Crippen LogP contribution in [0.2, 0.25) is 0 Å². The number of benzene rings is 1. The fourth-order valence-corrected chi connectivity index (χ4v) is 3.98. The Kier molecular flexibility index (Phi) is 8.25. The van der Waals surface area contributed by atoms with E-state index in [1.165, 1.54) is 19.1 Å². The van der Waals surface area contributed by atoms with Gasteiger partial charge in [0.25, 0.3) is 5.91 Å². The predicted octanol–water partition coefficient (Wildman–Crippen LogP) is 1.74. The fourth-order valence-electron chi connectivity index (χ4n) is 2.95. The maximum atomic E-state index is 12.2. The van der Waals surface area contributed by atoms with E-state index >= 15 is 0 Å². The van der Waals surface area contributed by atoms with Crippen molar-refractivity contribution >= 4 is 21.9 Å². The van der Waals surface area contributed by atoms with Crippen molar-refractivity contribution in [3.8, 4) is 5.75 Å². The van der Waals surface area contributed by atoms with Crippen LogP contribution in [0.25, 0.3) is 0 Å². The van der Waals surface area contributed by atoms with Gasteiger partial charge in [-0.3, -0.25) is 9.59 Å². The van der Waals surface area contributed by atoms with Crippen molar-refractivity contribution in [2.45, 2.75) is 63.0 Å². The first-order valence-electron chi connectivity index (χ1n) is 9.54. The normalized spacial score (nSPS) is 15.8. The molecule has 9 heteroatoms. The van der Waals surface area contributed by atoms with Gasteiger partial charge in [-0.05, 0) is 51.0 Å². The predicted molar refractivity (Wildman–Crippen MR) is 103 cm³/mol. The van der Waals surface area contributed by atoms with E-state index in [9.17, 15) is 18.0 Å². The van der Waals surface area contributed by atoms with Gasteiger partial charge in [-0.25, -0.2) is 13.1 Å². The van der Waals surface area contributed by atoms with Crippen LogP contribution in [-0.4, -0.2) is 45.6 Å². The van der Waals surface area contributed by atoms with Gasteiger partial charge in [0.1, 0.15) is 5.75 Å². The van der Waals surface area contributed by atoms with E-state index in [1.54, 1.807) is 12.1 Å². The highest BCUT2D eigenvalue weighted by molar-refractivity contribution is 7.89. The highest BCUT2D eigenvalue weighted by Crippen LogP contribution is 2.18. The minimum absolute atomic E-state index is 0.0774. The van der Waals surface area contributed by atoms with Crippen LogP contribution in [0.3, 0.4) is 0 Å². The second-order valence-corrected chi connectivity index (χ2v) is 8.44. The molecule has 2 rings (SSSR count). The number of nitrogens with one attached hydrogen (secondary N) is 2. The standard InChI is InChI=1S/C19H28N2O6S/c1-3-26-16-8-10-17(11-9-16)28(24,25)20-13-12-18(22)27-14(2)19(23)21-15-6-4-5-7-15/h8-11,14-15,20H,3-7,12-13H2,1-2H3,(H,21,23). The molecule has 0 spiro atoms. The van der Waals surface area contributed by atoms with Gasteiger partial charge in [0.2, 0.25) is 10.0 Å². The monoisotopic (exact) mass is 412 g/mol. The number of rotatable bonds is 10. The molecule has 1 amide bonds. The number of carbonyl (C=O) groups is 2. The second kappa shape index (κ2) is 10.4. The third kappa shape index (κ3) is 6.79. The highest BCUT2D eigenvalue weighted by Gasteiger charge is 2.23. The fraction of sp³-hybridized carbons (Fsp3) is 0.579. The molecule has 28 heavy (non-hydrogen) atoms. The van der Waals surface area contributed by atoms with E-state index in [0.29, 0.717) is 12.4 Å². The number of esters is 1.